The second-order valence-electron chi connectivity index (χ2n) is 5.47. The lowest BCUT2D eigenvalue weighted by molar-refractivity contribution is 0.415. The van der Waals surface area contributed by atoms with Crippen molar-refractivity contribution >= 4 is 5.69 Å². The number of hydrogen-bond acceptors (Lipinski definition) is 3. The molecule has 1 unspecified atom stereocenters. The topological polar surface area (TPSA) is 24.5 Å². The molecule has 1 rings (SSSR count). The summed E-state index contributed by atoms with van der Waals surface area (Å²) in [6, 6.07) is 8.81. The number of ether oxygens (including phenoxy) is 1. The van der Waals surface area contributed by atoms with Crippen LogP contribution in [0.4, 0.5) is 5.69 Å². The van der Waals surface area contributed by atoms with Crippen molar-refractivity contribution in [2.75, 3.05) is 32.1 Å². The van der Waals surface area contributed by atoms with Gasteiger partial charge in [0.1, 0.15) is 5.75 Å². The predicted octanol–water partition coefficient (Wildman–Crippen LogP) is 3.69. The van der Waals surface area contributed by atoms with E-state index in [9.17, 15) is 0 Å². The Morgan fingerprint density at radius 1 is 1.30 bits per heavy atom. The molecule has 0 saturated carbocycles. The monoisotopic (exact) mass is 278 g/mol. The first-order valence-corrected chi connectivity index (χ1v) is 7.76. The third kappa shape index (κ3) is 6.29. The van der Waals surface area contributed by atoms with E-state index in [-0.39, 0.29) is 0 Å². The van der Waals surface area contributed by atoms with E-state index in [1.54, 1.807) is 7.11 Å². The van der Waals surface area contributed by atoms with Gasteiger partial charge in [0.2, 0.25) is 0 Å². The minimum Gasteiger partial charge on any atom is -0.497 e. The molecule has 0 bridgehead atoms. The SMILES string of the molecule is CCCCCC(C)NCCN(C)c1cccc(OC)c1. The molecule has 20 heavy (non-hydrogen) atoms. The molecule has 1 atom stereocenters. The quantitative estimate of drug-likeness (QED) is 0.661. The van der Waals surface area contributed by atoms with Gasteiger partial charge >= 0.3 is 0 Å². The van der Waals surface area contributed by atoms with Crippen molar-refractivity contribution in [2.24, 2.45) is 0 Å². The number of likely N-dealkylation sites (N-methyl/N-ethyl adjacent to an activating group) is 1. The molecule has 1 aromatic carbocycles. The lowest BCUT2D eigenvalue weighted by Crippen LogP contribution is -2.34. The van der Waals surface area contributed by atoms with Gasteiger partial charge < -0.3 is 15.0 Å². The summed E-state index contributed by atoms with van der Waals surface area (Å²) in [6.07, 6.45) is 5.24. The van der Waals surface area contributed by atoms with Gasteiger partial charge in [-0.25, -0.2) is 0 Å². The van der Waals surface area contributed by atoms with Crippen LogP contribution < -0.4 is 15.0 Å². The van der Waals surface area contributed by atoms with Gasteiger partial charge in [-0.1, -0.05) is 32.3 Å². The molecule has 0 radical (unpaired) electrons. The van der Waals surface area contributed by atoms with Crippen LogP contribution in [-0.2, 0) is 0 Å². The second-order valence-corrected chi connectivity index (χ2v) is 5.47. The Kier molecular flexibility index (Phi) is 8.12. The average molecular weight is 278 g/mol. The number of rotatable bonds is 10. The van der Waals surface area contributed by atoms with Crippen LogP contribution >= 0.6 is 0 Å². The number of nitrogens with one attached hydrogen (secondary N) is 1. The molecule has 1 N–H and O–H groups in total. The summed E-state index contributed by atoms with van der Waals surface area (Å²) in [5.41, 5.74) is 1.20. The molecule has 0 amide bonds. The lowest BCUT2D eigenvalue weighted by Gasteiger charge is -2.21. The first-order valence-electron chi connectivity index (χ1n) is 7.76. The summed E-state index contributed by atoms with van der Waals surface area (Å²) >= 11 is 0. The van der Waals surface area contributed by atoms with Crippen molar-refractivity contribution in [3.05, 3.63) is 24.3 Å². The number of benzene rings is 1. The Labute approximate surface area is 124 Å². The van der Waals surface area contributed by atoms with Gasteiger partial charge in [-0.15, -0.1) is 0 Å². The first kappa shape index (κ1) is 16.8. The van der Waals surface area contributed by atoms with Gasteiger partial charge in [-0.2, -0.15) is 0 Å². The summed E-state index contributed by atoms with van der Waals surface area (Å²) in [6.45, 7) is 6.55. The van der Waals surface area contributed by atoms with Crippen LogP contribution in [0.5, 0.6) is 5.75 Å². The van der Waals surface area contributed by atoms with Gasteiger partial charge in [0.05, 0.1) is 7.11 Å². The van der Waals surface area contributed by atoms with E-state index < -0.39 is 0 Å². The largest absolute Gasteiger partial charge is 0.497 e. The van der Waals surface area contributed by atoms with Crippen molar-refractivity contribution in [1.29, 1.82) is 0 Å². The van der Waals surface area contributed by atoms with Crippen molar-refractivity contribution < 1.29 is 4.74 Å². The van der Waals surface area contributed by atoms with E-state index in [1.807, 2.05) is 12.1 Å². The first-order chi connectivity index (χ1) is 9.67. The number of methoxy groups -OCH3 is 1. The Morgan fingerprint density at radius 3 is 2.80 bits per heavy atom. The fourth-order valence-electron chi connectivity index (χ4n) is 2.26. The molecule has 0 aromatic heterocycles. The second kappa shape index (κ2) is 9.65. The molecule has 0 heterocycles. The predicted molar refractivity (Wildman–Crippen MR) is 87.9 cm³/mol. The third-order valence-corrected chi connectivity index (χ3v) is 3.67. The van der Waals surface area contributed by atoms with Crippen LogP contribution in [0.25, 0.3) is 0 Å². The van der Waals surface area contributed by atoms with E-state index in [0.29, 0.717) is 6.04 Å². The maximum atomic E-state index is 5.26. The maximum absolute atomic E-state index is 5.26. The van der Waals surface area contributed by atoms with Crippen LogP contribution in [0.3, 0.4) is 0 Å². The van der Waals surface area contributed by atoms with Crippen LogP contribution in [-0.4, -0.2) is 33.3 Å². The summed E-state index contributed by atoms with van der Waals surface area (Å²) in [5.74, 6) is 0.912. The van der Waals surface area contributed by atoms with Crippen LogP contribution in [0, 0.1) is 0 Å². The van der Waals surface area contributed by atoms with E-state index in [4.69, 9.17) is 4.74 Å². The highest BCUT2D eigenvalue weighted by atomic mass is 16.5. The molecular weight excluding hydrogens is 248 g/mol. The van der Waals surface area contributed by atoms with Gasteiger partial charge in [-0.3, -0.25) is 0 Å². The Hall–Kier alpha value is -1.22. The molecule has 0 saturated heterocycles. The van der Waals surface area contributed by atoms with Crippen molar-refractivity contribution in [1.82, 2.24) is 5.32 Å². The minimum atomic E-state index is 0.611. The smallest absolute Gasteiger partial charge is 0.120 e. The molecule has 0 aliphatic carbocycles. The Balaban J connectivity index is 2.26. The molecular formula is C17H30N2O. The summed E-state index contributed by atoms with van der Waals surface area (Å²) in [4.78, 5) is 2.26. The highest BCUT2D eigenvalue weighted by Crippen LogP contribution is 2.19. The van der Waals surface area contributed by atoms with Gasteiger partial charge in [-0.05, 0) is 25.5 Å². The van der Waals surface area contributed by atoms with Crippen molar-refractivity contribution in [3.63, 3.8) is 0 Å². The van der Waals surface area contributed by atoms with Gasteiger partial charge in [0, 0.05) is 37.9 Å². The Morgan fingerprint density at radius 2 is 2.10 bits per heavy atom. The number of hydrogen-bond donors (Lipinski definition) is 1. The average Bonchev–Trinajstić information content (AvgIpc) is 2.47. The molecule has 114 valence electrons. The van der Waals surface area contributed by atoms with Gasteiger partial charge in [0.25, 0.3) is 0 Å². The standard InChI is InChI=1S/C17H30N2O/c1-5-6-7-9-15(2)18-12-13-19(3)16-10-8-11-17(14-16)20-4/h8,10-11,14-15,18H,5-7,9,12-13H2,1-4H3. The molecule has 1 aromatic rings. The Bertz CT molecular complexity index is 368. The summed E-state index contributed by atoms with van der Waals surface area (Å²) < 4.78 is 5.26. The number of nitrogens with zero attached hydrogens (tertiary/aromatic N) is 1. The van der Waals surface area contributed by atoms with Crippen molar-refractivity contribution in [2.45, 2.75) is 45.6 Å². The lowest BCUT2D eigenvalue weighted by atomic mass is 10.1. The zero-order valence-corrected chi connectivity index (χ0v) is 13.5. The molecule has 0 aliphatic rings. The van der Waals surface area contributed by atoms with E-state index in [0.717, 1.165) is 18.8 Å². The van der Waals surface area contributed by atoms with Crippen LogP contribution in [0.2, 0.25) is 0 Å². The van der Waals surface area contributed by atoms with E-state index in [1.165, 1.54) is 31.4 Å². The third-order valence-electron chi connectivity index (χ3n) is 3.67. The highest BCUT2D eigenvalue weighted by Gasteiger charge is 2.04. The molecule has 0 aliphatic heterocycles. The number of anilines is 1. The van der Waals surface area contributed by atoms with Crippen LogP contribution in [0.15, 0.2) is 24.3 Å². The normalized spacial score (nSPS) is 12.2. The van der Waals surface area contributed by atoms with E-state index in [2.05, 4.69) is 43.2 Å². The summed E-state index contributed by atoms with van der Waals surface area (Å²) in [7, 11) is 3.83. The maximum Gasteiger partial charge on any atom is 0.120 e. The number of unbranched alkanes of at least 4 members (excludes halogenated alkanes) is 2. The molecule has 0 spiro atoms. The fraction of sp³-hybridized carbons (Fsp3) is 0.647. The summed E-state index contributed by atoms with van der Waals surface area (Å²) in [5, 5.41) is 3.60. The molecule has 0 fully saturated rings. The minimum absolute atomic E-state index is 0.611. The highest BCUT2D eigenvalue weighted by molar-refractivity contribution is 5.50. The van der Waals surface area contributed by atoms with E-state index >= 15 is 0 Å². The van der Waals surface area contributed by atoms with Crippen molar-refractivity contribution in [3.8, 4) is 5.75 Å². The zero-order chi connectivity index (χ0) is 14.8. The molecule has 3 nitrogen and oxygen atoms in total. The fourth-order valence-corrected chi connectivity index (χ4v) is 2.26. The zero-order valence-electron chi connectivity index (χ0n) is 13.5. The van der Waals surface area contributed by atoms with Crippen LogP contribution in [0.1, 0.15) is 39.5 Å². The van der Waals surface area contributed by atoms with Gasteiger partial charge in [0.15, 0.2) is 0 Å². The molecule has 3 heteroatoms.